The first-order valence-corrected chi connectivity index (χ1v) is 13.8. The number of sulfonamides is 1. The highest BCUT2D eigenvalue weighted by molar-refractivity contribution is 14.1. The van der Waals surface area contributed by atoms with E-state index in [9.17, 15) is 18.0 Å². The molecule has 2 heterocycles. The van der Waals surface area contributed by atoms with Gasteiger partial charge in [-0.3, -0.25) is 9.78 Å². The topological polar surface area (TPSA) is 133 Å². The van der Waals surface area contributed by atoms with E-state index in [1.807, 2.05) is 0 Å². The Morgan fingerprint density at radius 2 is 1.84 bits per heavy atom. The number of aromatic amines is 1. The second kappa shape index (κ2) is 10.9. The summed E-state index contributed by atoms with van der Waals surface area (Å²) in [5, 5.41) is 4.10. The van der Waals surface area contributed by atoms with Crippen LogP contribution in [0.3, 0.4) is 0 Å². The number of aromatic nitrogens is 3. The van der Waals surface area contributed by atoms with Crippen LogP contribution in [-0.4, -0.2) is 62.6 Å². The molecule has 0 bridgehead atoms. The molecular formula is C21H20B2IN4O7PS. The fourth-order valence-electron chi connectivity index (χ4n) is 3.78. The highest BCUT2D eigenvalue weighted by Gasteiger charge is 2.39. The van der Waals surface area contributed by atoms with E-state index >= 15 is 0 Å². The van der Waals surface area contributed by atoms with E-state index in [2.05, 4.69) is 19.3 Å². The van der Waals surface area contributed by atoms with Crippen LogP contribution in [0.15, 0.2) is 44.8 Å². The van der Waals surface area contributed by atoms with Gasteiger partial charge in [-0.25, -0.2) is 13.2 Å². The number of rotatable bonds is 8. The highest BCUT2D eigenvalue weighted by atomic mass is 127. The molecule has 0 aliphatic carbocycles. The van der Waals surface area contributed by atoms with E-state index in [1.54, 1.807) is 49.0 Å². The Morgan fingerprint density at radius 3 is 2.41 bits per heavy atom. The fraction of sp³-hybridized carbons (Fsp3) is 0.286. The maximum absolute atomic E-state index is 13.1. The third-order valence-electron chi connectivity index (χ3n) is 5.68. The number of halogens is 1. The van der Waals surface area contributed by atoms with Crippen molar-refractivity contribution in [2.24, 2.45) is 0 Å². The number of nitrogens with one attached hydrogen (secondary N) is 1. The molecule has 4 radical (unpaired) electrons. The number of H-pyrrole nitrogens is 1. The smallest absolute Gasteiger partial charge is 0.374 e. The standard InChI is InChI=1S/C21H20B2IN4O7PS/c1-10-5-12(28-21(30)25-20(29)17(26-28)19(22)36)6-11(2)18(10)33-13-3-4-15(34-23)16(7-13)37(31,32)27-8-14(9-27)35-24/h3-7,14,19H,8-9,36H2,1-2H3,(H,25,29,30). The molecule has 3 aromatic rings. The molecule has 37 heavy (non-hydrogen) atoms. The molecule has 4 rings (SSSR count). The molecule has 1 fully saturated rings. The van der Waals surface area contributed by atoms with Crippen molar-refractivity contribution in [3.63, 3.8) is 0 Å². The van der Waals surface area contributed by atoms with Gasteiger partial charge in [-0.1, -0.05) is 0 Å². The molecule has 16 heteroatoms. The monoisotopic (exact) mass is 652 g/mol. The van der Waals surface area contributed by atoms with Crippen LogP contribution >= 0.6 is 32.2 Å². The normalized spacial score (nSPS) is 15.2. The van der Waals surface area contributed by atoms with E-state index in [0.717, 1.165) is 4.68 Å². The minimum absolute atomic E-state index is 0.0187. The summed E-state index contributed by atoms with van der Waals surface area (Å²) in [7, 11) is 9.43. The molecule has 2 atom stereocenters. The van der Waals surface area contributed by atoms with E-state index < -0.39 is 26.8 Å². The van der Waals surface area contributed by atoms with Gasteiger partial charge >= 0.3 is 13.7 Å². The lowest BCUT2D eigenvalue weighted by Crippen LogP contribution is -2.53. The van der Waals surface area contributed by atoms with Gasteiger partial charge in [-0.2, -0.15) is 14.1 Å². The summed E-state index contributed by atoms with van der Waals surface area (Å²) < 4.78 is 44.6. The molecule has 1 saturated heterocycles. The number of aryl methyl sites for hydroxylation is 2. The predicted molar refractivity (Wildman–Crippen MR) is 149 cm³/mol. The summed E-state index contributed by atoms with van der Waals surface area (Å²) in [4.78, 5) is 26.5. The molecule has 0 amide bonds. The summed E-state index contributed by atoms with van der Waals surface area (Å²) in [5.74, 6) is 0.647. The lowest BCUT2D eigenvalue weighted by atomic mass is 10.0. The number of ether oxygens (including phenoxy) is 1. The Morgan fingerprint density at radius 1 is 1.19 bits per heavy atom. The summed E-state index contributed by atoms with van der Waals surface area (Å²) >= 11 is 1.74. The number of hydrogen-bond donors (Lipinski definition) is 1. The minimum atomic E-state index is -3.91. The minimum Gasteiger partial charge on any atom is -0.567 e. The zero-order chi connectivity index (χ0) is 27.1. The third-order valence-corrected chi connectivity index (χ3v) is 8.57. The maximum Gasteiger partial charge on any atom is 0.374 e. The number of nitrogens with zero attached hydrogens (tertiary/aromatic N) is 3. The molecular weight excluding hydrogens is 632 g/mol. The Kier molecular flexibility index (Phi) is 8.19. The lowest BCUT2D eigenvalue weighted by Gasteiger charge is -2.36. The van der Waals surface area contributed by atoms with E-state index in [-0.39, 0.29) is 41.3 Å². The molecule has 190 valence electrons. The molecule has 0 spiro atoms. The van der Waals surface area contributed by atoms with Crippen molar-refractivity contribution in [3.05, 3.63) is 68.0 Å². The van der Waals surface area contributed by atoms with Gasteiger partial charge in [0.15, 0.2) is 0 Å². The fourth-order valence-corrected chi connectivity index (χ4v) is 5.96. The highest BCUT2D eigenvalue weighted by Crippen LogP contribution is 2.36. The largest absolute Gasteiger partial charge is 0.567 e. The molecule has 1 aliphatic heterocycles. The summed E-state index contributed by atoms with van der Waals surface area (Å²) in [5.41, 5.74) is -0.531. The maximum atomic E-state index is 13.1. The molecule has 1 aliphatic rings. The average Bonchev–Trinajstić information content (AvgIpc) is 2.80. The van der Waals surface area contributed by atoms with E-state index in [1.165, 1.54) is 22.5 Å². The van der Waals surface area contributed by atoms with Crippen LogP contribution in [0.2, 0.25) is 0 Å². The van der Waals surface area contributed by atoms with Crippen LogP contribution in [0.25, 0.3) is 5.69 Å². The molecule has 2 aromatic carbocycles. The van der Waals surface area contributed by atoms with Crippen molar-refractivity contribution in [1.82, 2.24) is 19.1 Å². The van der Waals surface area contributed by atoms with Crippen molar-refractivity contribution in [1.29, 1.82) is 0 Å². The van der Waals surface area contributed by atoms with Gasteiger partial charge in [0.05, 0.1) is 19.6 Å². The van der Waals surface area contributed by atoms with Crippen LogP contribution in [0.4, 0.5) is 0 Å². The first-order chi connectivity index (χ1) is 17.5. The van der Waals surface area contributed by atoms with Crippen LogP contribution < -0.4 is 20.6 Å². The van der Waals surface area contributed by atoms with E-state index in [4.69, 9.17) is 28.4 Å². The van der Waals surface area contributed by atoms with Gasteiger partial charge in [-0.15, -0.1) is 9.24 Å². The number of hydrogen-bond acceptors (Lipinski definition) is 8. The summed E-state index contributed by atoms with van der Waals surface area (Å²) in [6.07, 6.45) is -0.187. The molecule has 1 N–H and O–H groups in total. The SMILES string of the molecule is [B]Oc1ccc(Oc2c(C)cc(-n3nc(C([B])P)c(=O)[nH]c3=O)cc2C)cc1S(=O)(=O)N1CC(OI)C1. The molecule has 1 aromatic heterocycles. The predicted octanol–water partition coefficient (Wildman–Crippen LogP) is 1.57. The van der Waals surface area contributed by atoms with Crippen molar-refractivity contribution in [2.75, 3.05) is 13.1 Å². The molecule has 2 unspecified atom stereocenters. The Bertz CT molecular complexity index is 1550. The van der Waals surface area contributed by atoms with Crippen LogP contribution in [0, 0.1) is 13.8 Å². The Hall–Kier alpha value is -2.19. The number of benzene rings is 2. The van der Waals surface area contributed by atoms with Gasteiger partial charge < -0.3 is 12.5 Å². The Labute approximate surface area is 231 Å². The van der Waals surface area contributed by atoms with Crippen molar-refractivity contribution in [3.8, 4) is 22.9 Å². The third kappa shape index (κ3) is 5.51. The first kappa shape index (κ1) is 27.8. The lowest BCUT2D eigenvalue weighted by molar-refractivity contribution is 0.117. The quantitative estimate of drug-likeness (QED) is 0.221. The second-order valence-corrected chi connectivity index (χ2v) is 11.5. The summed E-state index contributed by atoms with van der Waals surface area (Å²) in [6, 6.07) is 7.56. The van der Waals surface area contributed by atoms with E-state index in [0.29, 0.717) is 22.6 Å². The van der Waals surface area contributed by atoms with Gasteiger partial charge in [0, 0.05) is 19.2 Å². The first-order valence-electron chi connectivity index (χ1n) is 10.8. The Balaban J connectivity index is 1.69. The van der Waals surface area contributed by atoms with Gasteiger partial charge in [0.25, 0.3) is 5.56 Å². The molecule has 0 saturated carbocycles. The van der Waals surface area contributed by atoms with Crippen LogP contribution in [0.1, 0.15) is 22.4 Å². The zero-order valence-corrected chi connectivity index (χ0v) is 23.8. The average molecular weight is 652 g/mol. The van der Waals surface area contributed by atoms with Gasteiger partial charge in [0.1, 0.15) is 50.8 Å². The van der Waals surface area contributed by atoms with Crippen molar-refractivity contribution in [2.45, 2.75) is 30.4 Å². The van der Waals surface area contributed by atoms with Gasteiger partial charge in [-0.05, 0) is 54.8 Å². The summed E-state index contributed by atoms with van der Waals surface area (Å²) in [6.45, 7) is 3.93. The zero-order valence-electron chi connectivity index (χ0n) is 19.7. The van der Waals surface area contributed by atoms with Gasteiger partial charge in [0.2, 0.25) is 10.0 Å². The van der Waals surface area contributed by atoms with Crippen molar-refractivity contribution < 1.29 is 20.9 Å². The molecule has 11 nitrogen and oxygen atoms in total. The van der Waals surface area contributed by atoms with Crippen LogP contribution in [0.5, 0.6) is 17.2 Å². The van der Waals surface area contributed by atoms with Crippen LogP contribution in [-0.2, 0) is 13.1 Å². The second-order valence-electron chi connectivity index (χ2n) is 8.35. The van der Waals surface area contributed by atoms with Crippen molar-refractivity contribution >= 4 is 58.2 Å².